The Balaban J connectivity index is 2.56. The van der Waals surface area contributed by atoms with E-state index in [1.165, 1.54) is 0 Å². The number of hydrogen-bond donors (Lipinski definition) is 1. The molecule has 0 aliphatic rings. The monoisotopic (exact) mass is 236 g/mol. The van der Waals surface area contributed by atoms with Crippen LogP contribution in [0.3, 0.4) is 0 Å². The number of carbonyl (C=O) groups is 2. The van der Waals surface area contributed by atoms with Crippen LogP contribution in [0.5, 0.6) is 0 Å². The van der Waals surface area contributed by atoms with Crippen LogP contribution in [0.1, 0.15) is 25.0 Å². The first-order valence-electron chi connectivity index (χ1n) is 5.46. The third kappa shape index (κ3) is 5.15. The van der Waals surface area contributed by atoms with E-state index < -0.39 is 5.97 Å². The SMILES string of the molecule is CC(C)OC(=O)Cc1ccc(CC(=O)O)cc1. The summed E-state index contributed by atoms with van der Waals surface area (Å²) < 4.78 is 5.02. The summed E-state index contributed by atoms with van der Waals surface area (Å²) in [5.74, 6) is -1.14. The first-order valence-corrected chi connectivity index (χ1v) is 5.46. The van der Waals surface area contributed by atoms with Gasteiger partial charge in [0.05, 0.1) is 18.9 Å². The molecule has 0 fully saturated rings. The van der Waals surface area contributed by atoms with Crippen LogP contribution in [-0.4, -0.2) is 23.1 Å². The lowest BCUT2D eigenvalue weighted by Crippen LogP contribution is -2.13. The first-order chi connectivity index (χ1) is 7.97. The lowest BCUT2D eigenvalue weighted by atomic mass is 10.1. The summed E-state index contributed by atoms with van der Waals surface area (Å²) in [6.07, 6.45) is 0.0937. The minimum Gasteiger partial charge on any atom is -0.481 e. The van der Waals surface area contributed by atoms with Gasteiger partial charge in [0.1, 0.15) is 0 Å². The van der Waals surface area contributed by atoms with Gasteiger partial charge in [-0.05, 0) is 25.0 Å². The van der Waals surface area contributed by atoms with Crippen LogP contribution in [0.15, 0.2) is 24.3 Å². The van der Waals surface area contributed by atoms with Crippen molar-refractivity contribution in [2.24, 2.45) is 0 Å². The Morgan fingerprint density at radius 1 is 1.12 bits per heavy atom. The molecule has 17 heavy (non-hydrogen) atoms. The summed E-state index contributed by atoms with van der Waals surface area (Å²) in [5, 5.41) is 8.61. The summed E-state index contributed by atoms with van der Waals surface area (Å²) in [6, 6.07) is 6.93. The number of ether oxygens (including phenoxy) is 1. The number of rotatable bonds is 5. The van der Waals surface area contributed by atoms with Gasteiger partial charge in [0.2, 0.25) is 0 Å². The molecule has 0 atom stereocenters. The quantitative estimate of drug-likeness (QED) is 0.792. The average molecular weight is 236 g/mol. The van der Waals surface area contributed by atoms with Crippen molar-refractivity contribution in [3.05, 3.63) is 35.4 Å². The van der Waals surface area contributed by atoms with Crippen LogP contribution in [-0.2, 0) is 27.2 Å². The summed E-state index contributed by atoms with van der Waals surface area (Å²) >= 11 is 0. The fourth-order valence-corrected chi connectivity index (χ4v) is 1.42. The topological polar surface area (TPSA) is 63.6 Å². The highest BCUT2D eigenvalue weighted by atomic mass is 16.5. The van der Waals surface area contributed by atoms with Gasteiger partial charge in [-0.3, -0.25) is 9.59 Å². The van der Waals surface area contributed by atoms with E-state index in [0.717, 1.165) is 11.1 Å². The molecule has 0 amide bonds. The van der Waals surface area contributed by atoms with Gasteiger partial charge in [0, 0.05) is 0 Å². The smallest absolute Gasteiger partial charge is 0.310 e. The number of esters is 1. The highest BCUT2D eigenvalue weighted by molar-refractivity contribution is 5.73. The molecule has 0 heterocycles. The molecule has 0 aromatic heterocycles. The van der Waals surface area contributed by atoms with Crippen LogP contribution < -0.4 is 0 Å². The van der Waals surface area contributed by atoms with E-state index in [-0.39, 0.29) is 24.9 Å². The number of benzene rings is 1. The number of carboxylic acid groups (broad SMARTS) is 1. The normalized spacial score (nSPS) is 10.3. The largest absolute Gasteiger partial charge is 0.481 e. The maximum Gasteiger partial charge on any atom is 0.310 e. The van der Waals surface area contributed by atoms with Gasteiger partial charge in [-0.1, -0.05) is 24.3 Å². The summed E-state index contributed by atoms with van der Waals surface area (Å²) in [5.41, 5.74) is 1.54. The van der Waals surface area contributed by atoms with Gasteiger partial charge in [-0.15, -0.1) is 0 Å². The first kappa shape index (κ1) is 13.2. The molecule has 4 nitrogen and oxygen atoms in total. The minimum absolute atomic E-state index is 0.00325. The molecule has 0 spiro atoms. The predicted molar refractivity (Wildman–Crippen MR) is 62.7 cm³/mol. The number of carbonyl (C=O) groups excluding carboxylic acids is 1. The fraction of sp³-hybridized carbons (Fsp3) is 0.385. The van der Waals surface area contributed by atoms with Crippen molar-refractivity contribution in [2.75, 3.05) is 0 Å². The van der Waals surface area contributed by atoms with E-state index in [9.17, 15) is 9.59 Å². The van der Waals surface area contributed by atoms with Crippen LogP contribution >= 0.6 is 0 Å². The van der Waals surface area contributed by atoms with Gasteiger partial charge in [0.25, 0.3) is 0 Å². The molecular weight excluding hydrogens is 220 g/mol. The molecule has 0 saturated heterocycles. The molecule has 0 saturated carbocycles. The Morgan fingerprint density at radius 2 is 1.59 bits per heavy atom. The van der Waals surface area contributed by atoms with E-state index in [2.05, 4.69) is 0 Å². The number of carboxylic acids is 1. The molecule has 0 aliphatic carbocycles. The second-order valence-electron chi connectivity index (χ2n) is 4.10. The highest BCUT2D eigenvalue weighted by Gasteiger charge is 2.07. The van der Waals surface area contributed by atoms with E-state index >= 15 is 0 Å². The average Bonchev–Trinajstić information content (AvgIpc) is 2.18. The molecule has 0 radical (unpaired) electrons. The predicted octanol–water partition coefficient (Wildman–Crippen LogP) is 1.81. The van der Waals surface area contributed by atoms with Crippen LogP contribution in [0, 0.1) is 0 Å². The molecule has 1 aromatic carbocycles. The standard InChI is InChI=1S/C13H16O4/c1-9(2)17-13(16)8-11-5-3-10(4-6-11)7-12(14)15/h3-6,9H,7-8H2,1-2H3,(H,14,15). The number of aliphatic carboxylic acids is 1. The van der Waals surface area contributed by atoms with E-state index in [0.29, 0.717) is 0 Å². The molecule has 92 valence electrons. The second-order valence-corrected chi connectivity index (χ2v) is 4.10. The Bertz CT molecular complexity index is 392. The summed E-state index contributed by atoms with van der Waals surface area (Å²) in [7, 11) is 0. The molecule has 1 rings (SSSR count). The minimum atomic E-state index is -0.864. The van der Waals surface area contributed by atoms with Gasteiger partial charge in [-0.2, -0.15) is 0 Å². The van der Waals surface area contributed by atoms with Gasteiger partial charge in [-0.25, -0.2) is 0 Å². The van der Waals surface area contributed by atoms with E-state index in [4.69, 9.17) is 9.84 Å². The van der Waals surface area contributed by atoms with Crippen molar-refractivity contribution in [2.45, 2.75) is 32.8 Å². The molecular formula is C13H16O4. The maximum absolute atomic E-state index is 11.4. The molecule has 4 heteroatoms. The third-order valence-corrected chi connectivity index (χ3v) is 2.09. The lowest BCUT2D eigenvalue weighted by Gasteiger charge is -2.07. The molecule has 1 N–H and O–H groups in total. The Hall–Kier alpha value is -1.84. The summed E-state index contributed by atoms with van der Waals surface area (Å²) in [6.45, 7) is 3.60. The van der Waals surface area contributed by atoms with Crippen LogP contribution in [0.4, 0.5) is 0 Å². The van der Waals surface area contributed by atoms with Crippen molar-refractivity contribution in [1.82, 2.24) is 0 Å². The van der Waals surface area contributed by atoms with Gasteiger partial charge < -0.3 is 9.84 Å². The maximum atomic E-state index is 11.4. The third-order valence-electron chi connectivity index (χ3n) is 2.09. The van der Waals surface area contributed by atoms with E-state index in [1.807, 2.05) is 0 Å². The zero-order chi connectivity index (χ0) is 12.8. The lowest BCUT2D eigenvalue weighted by molar-refractivity contribution is -0.146. The van der Waals surface area contributed by atoms with Crippen molar-refractivity contribution in [1.29, 1.82) is 0 Å². The second kappa shape index (κ2) is 6.03. The van der Waals surface area contributed by atoms with Gasteiger partial charge in [0.15, 0.2) is 0 Å². The van der Waals surface area contributed by atoms with Crippen molar-refractivity contribution in [3.63, 3.8) is 0 Å². The van der Waals surface area contributed by atoms with E-state index in [1.54, 1.807) is 38.1 Å². The highest BCUT2D eigenvalue weighted by Crippen LogP contribution is 2.07. The van der Waals surface area contributed by atoms with Crippen LogP contribution in [0.25, 0.3) is 0 Å². The Morgan fingerprint density at radius 3 is 2.00 bits per heavy atom. The molecule has 0 unspecified atom stereocenters. The Labute approximate surface area is 100 Å². The van der Waals surface area contributed by atoms with Crippen molar-refractivity contribution < 1.29 is 19.4 Å². The number of hydrogen-bond acceptors (Lipinski definition) is 3. The van der Waals surface area contributed by atoms with Crippen LogP contribution in [0.2, 0.25) is 0 Å². The molecule has 0 bridgehead atoms. The summed E-state index contributed by atoms with van der Waals surface area (Å²) in [4.78, 5) is 21.8. The van der Waals surface area contributed by atoms with Crippen molar-refractivity contribution >= 4 is 11.9 Å². The molecule has 1 aromatic rings. The Kier molecular flexibility index (Phi) is 4.69. The zero-order valence-electron chi connectivity index (χ0n) is 9.97. The molecule has 0 aliphatic heterocycles. The van der Waals surface area contributed by atoms with Crippen molar-refractivity contribution in [3.8, 4) is 0 Å². The fourth-order valence-electron chi connectivity index (χ4n) is 1.42. The van der Waals surface area contributed by atoms with Gasteiger partial charge >= 0.3 is 11.9 Å². The zero-order valence-corrected chi connectivity index (χ0v) is 9.97.